The lowest BCUT2D eigenvalue weighted by Gasteiger charge is -2.08. The molecule has 3 rings (SSSR count). The first-order valence-corrected chi connectivity index (χ1v) is 7.55. The molecule has 0 aliphatic carbocycles. The van der Waals surface area contributed by atoms with E-state index in [1.165, 1.54) is 6.07 Å². The molecule has 0 atom stereocenters. The summed E-state index contributed by atoms with van der Waals surface area (Å²) in [6.45, 7) is 0.410. The smallest absolute Gasteiger partial charge is 0.266 e. The van der Waals surface area contributed by atoms with Gasteiger partial charge in [0.05, 0.1) is 0 Å². The lowest BCUT2D eigenvalue weighted by molar-refractivity contribution is 0.0993. The van der Waals surface area contributed by atoms with Crippen molar-refractivity contribution in [1.82, 2.24) is 10.2 Å². The molecule has 0 aliphatic rings. The number of aromatic amines is 1. The first-order valence-electron chi connectivity index (χ1n) is 7.55. The molecule has 4 N–H and O–H groups in total. The molecule has 0 spiro atoms. The number of anilines is 1. The molecule has 0 aliphatic heterocycles. The maximum Gasteiger partial charge on any atom is 0.266 e. The zero-order valence-corrected chi connectivity index (χ0v) is 13.2. The Labute approximate surface area is 143 Å². The number of aromatic nitrogens is 2. The van der Waals surface area contributed by atoms with Crippen LogP contribution in [-0.2, 0) is 6.61 Å². The highest BCUT2D eigenvalue weighted by Crippen LogP contribution is 2.16. The maximum atomic E-state index is 12.3. The van der Waals surface area contributed by atoms with Gasteiger partial charge in [-0.3, -0.25) is 14.7 Å². The Morgan fingerprint density at radius 1 is 1.08 bits per heavy atom. The van der Waals surface area contributed by atoms with E-state index in [0.29, 0.717) is 17.9 Å². The molecule has 0 bridgehead atoms. The molecular weight excluding hydrogens is 320 g/mol. The molecule has 7 heteroatoms. The number of ether oxygens (including phenoxy) is 1. The van der Waals surface area contributed by atoms with Crippen LogP contribution in [0.3, 0.4) is 0 Å². The van der Waals surface area contributed by atoms with Crippen LogP contribution in [0, 0.1) is 0 Å². The van der Waals surface area contributed by atoms with Crippen LogP contribution in [0.15, 0.2) is 60.7 Å². The third-order valence-electron chi connectivity index (χ3n) is 3.43. The molecule has 0 radical (unpaired) electrons. The van der Waals surface area contributed by atoms with Crippen molar-refractivity contribution >= 4 is 17.6 Å². The first-order chi connectivity index (χ1) is 12.1. The predicted molar refractivity (Wildman–Crippen MR) is 92.3 cm³/mol. The van der Waals surface area contributed by atoms with E-state index in [1.54, 1.807) is 24.3 Å². The van der Waals surface area contributed by atoms with E-state index in [1.807, 2.05) is 30.3 Å². The number of nitrogens with zero attached hydrogens (tertiary/aromatic N) is 1. The van der Waals surface area contributed by atoms with Crippen molar-refractivity contribution in [2.45, 2.75) is 6.61 Å². The van der Waals surface area contributed by atoms with E-state index >= 15 is 0 Å². The van der Waals surface area contributed by atoms with Gasteiger partial charge in [-0.25, -0.2) is 0 Å². The average Bonchev–Trinajstić information content (AvgIpc) is 3.10. The minimum absolute atomic E-state index is 0.121. The summed E-state index contributed by atoms with van der Waals surface area (Å²) in [6, 6.07) is 17.9. The zero-order chi connectivity index (χ0) is 17.6. The number of primary amides is 1. The van der Waals surface area contributed by atoms with Gasteiger partial charge < -0.3 is 15.8 Å². The van der Waals surface area contributed by atoms with Gasteiger partial charge in [0, 0.05) is 11.6 Å². The van der Waals surface area contributed by atoms with Crippen molar-refractivity contribution in [3.05, 3.63) is 77.5 Å². The number of hydrogen-bond donors (Lipinski definition) is 3. The van der Waals surface area contributed by atoms with Gasteiger partial charge in [-0.05, 0) is 23.8 Å². The Morgan fingerprint density at radius 2 is 1.88 bits per heavy atom. The van der Waals surface area contributed by atoms with Crippen LogP contribution in [0.25, 0.3) is 0 Å². The molecule has 126 valence electrons. The summed E-state index contributed by atoms with van der Waals surface area (Å²) in [6.07, 6.45) is 0. The van der Waals surface area contributed by atoms with Gasteiger partial charge in [0.25, 0.3) is 11.8 Å². The van der Waals surface area contributed by atoms with E-state index in [9.17, 15) is 9.59 Å². The van der Waals surface area contributed by atoms with Crippen LogP contribution in [-0.4, -0.2) is 22.0 Å². The van der Waals surface area contributed by atoms with Crippen molar-refractivity contribution in [2.24, 2.45) is 5.73 Å². The molecule has 1 heterocycles. The number of rotatable bonds is 6. The van der Waals surface area contributed by atoms with E-state index < -0.39 is 5.91 Å². The fraction of sp³-hybridized carbons (Fsp3) is 0.0556. The highest BCUT2D eigenvalue weighted by atomic mass is 16.5. The first kappa shape index (κ1) is 16.3. The number of H-pyrrole nitrogens is 1. The lowest BCUT2D eigenvalue weighted by Crippen LogP contribution is -2.12. The molecule has 0 saturated carbocycles. The second-order valence-corrected chi connectivity index (χ2v) is 5.29. The van der Waals surface area contributed by atoms with E-state index in [2.05, 4.69) is 15.5 Å². The summed E-state index contributed by atoms with van der Waals surface area (Å²) < 4.78 is 5.71. The molecule has 2 amide bonds. The molecule has 7 nitrogen and oxygen atoms in total. The van der Waals surface area contributed by atoms with Crippen LogP contribution in [0.1, 0.15) is 26.4 Å². The van der Waals surface area contributed by atoms with E-state index in [0.717, 1.165) is 5.56 Å². The van der Waals surface area contributed by atoms with Gasteiger partial charge in [0.2, 0.25) is 0 Å². The van der Waals surface area contributed by atoms with Gasteiger partial charge in [-0.15, -0.1) is 0 Å². The van der Waals surface area contributed by atoms with Crippen molar-refractivity contribution in [3.63, 3.8) is 0 Å². The lowest BCUT2D eigenvalue weighted by atomic mass is 10.2. The molecular formula is C18H16N4O3. The van der Waals surface area contributed by atoms with Crippen molar-refractivity contribution in [3.8, 4) is 5.75 Å². The predicted octanol–water partition coefficient (Wildman–Crippen LogP) is 2.34. The Bertz CT molecular complexity index is 890. The van der Waals surface area contributed by atoms with Gasteiger partial charge in [0.15, 0.2) is 5.82 Å². The minimum Gasteiger partial charge on any atom is -0.489 e. The molecule has 2 aromatic carbocycles. The summed E-state index contributed by atoms with van der Waals surface area (Å²) in [4.78, 5) is 23.3. The van der Waals surface area contributed by atoms with Gasteiger partial charge >= 0.3 is 0 Å². The number of amides is 2. The fourth-order valence-electron chi connectivity index (χ4n) is 2.17. The number of hydrogen-bond acceptors (Lipinski definition) is 4. The van der Waals surface area contributed by atoms with E-state index in [-0.39, 0.29) is 17.4 Å². The highest BCUT2D eigenvalue weighted by molar-refractivity contribution is 6.04. The van der Waals surface area contributed by atoms with E-state index in [4.69, 9.17) is 10.5 Å². The Morgan fingerprint density at radius 3 is 2.60 bits per heavy atom. The highest BCUT2D eigenvalue weighted by Gasteiger charge is 2.11. The van der Waals surface area contributed by atoms with Gasteiger partial charge in [0.1, 0.15) is 18.1 Å². The number of nitrogens with two attached hydrogens (primary N) is 1. The second-order valence-electron chi connectivity index (χ2n) is 5.29. The van der Waals surface area contributed by atoms with Crippen LogP contribution < -0.4 is 15.8 Å². The van der Waals surface area contributed by atoms with Crippen LogP contribution in [0.5, 0.6) is 5.75 Å². The summed E-state index contributed by atoms with van der Waals surface area (Å²) in [7, 11) is 0. The van der Waals surface area contributed by atoms with Crippen LogP contribution >= 0.6 is 0 Å². The topological polar surface area (TPSA) is 110 Å². The molecule has 1 aromatic heterocycles. The van der Waals surface area contributed by atoms with Gasteiger partial charge in [-0.1, -0.05) is 36.4 Å². The SMILES string of the molecule is NC(=O)c1cc(NC(=O)c2cccc(OCc3ccccc3)c2)n[nH]1. The normalized spacial score (nSPS) is 10.2. The molecule has 25 heavy (non-hydrogen) atoms. The van der Waals surface area contributed by atoms with Crippen molar-refractivity contribution < 1.29 is 14.3 Å². The van der Waals surface area contributed by atoms with Crippen molar-refractivity contribution in [1.29, 1.82) is 0 Å². The summed E-state index contributed by atoms with van der Waals surface area (Å²) in [5.41, 5.74) is 6.70. The Kier molecular flexibility index (Phi) is 4.75. The largest absolute Gasteiger partial charge is 0.489 e. The molecule has 0 fully saturated rings. The third-order valence-corrected chi connectivity index (χ3v) is 3.43. The van der Waals surface area contributed by atoms with Crippen molar-refractivity contribution in [2.75, 3.05) is 5.32 Å². The average molecular weight is 336 g/mol. The number of carbonyl (C=O) groups excluding carboxylic acids is 2. The third kappa shape index (κ3) is 4.23. The Balaban J connectivity index is 1.65. The second kappa shape index (κ2) is 7.31. The van der Waals surface area contributed by atoms with Gasteiger partial charge in [-0.2, -0.15) is 5.10 Å². The van der Waals surface area contributed by atoms with Crippen LogP contribution in [0.2, 0.25) is 0 Å². The summed E-state index contributed by atoms with van der Waals surface area (Å²) in [5.74, 6) is -0.220. The molecule has 0 unspecified atom stereocenters. The number of nitrogens with one attached hydrogen (secondary N) is 2. The standard InChI is InChI=1S/C18H16N4O3/c19-17(23)15-10-16(22-21-15)20-18(24)13-7-4-8-14(9-13)25-11-12-5-2-1-3-6-12/h1-10H,11H2,(H2,19,23)(H2,20,21,22,24). The molecule has 0 saturated heterocycles. The fourth-order valence-corrected chi connectivity index (χ4v) is 2.17. The minimum atomic E-state index is -0.649. The zero-order valence-electron chi connectivity index (χ0n) is 13.2. The monoisotopic (exact) mass is 336 g/mol. The number of carbonyl (C=O) groups is 2. The Hall–Kier alpha value is -3.61. The summed E-state index contributed by atoms with van der Waals surface area (Å²) >= 11 is 0. The quantitative estimate of drug-likeness (QED) is 0.641. The number of benzene rings is 2. The maximum absolute atomic E-state index is 12.3. The molecule has 3 aromatic rings. The van der Waals surface area contributed by atoms with Crippen LogP contribution in [0.4, 0.5) is 5.82 Å². The summed E-state index contributed by atoms with van der Waals surface area (Å²) in [5, 5.41) is 8.85.